The van der Waals surface area contributed by atoms with E-state index in [1.165, 1.54) is 0 Å². The van der Waals surface area contributed by atoms with Gasteiger partial charge in [-0.2, -0.15) is 0 Å². The molecule has 1 aromatic heterocycles. The molecule has 0 saturated heterocycles. The quantitative estimate of drug-likeness (QED) is 0.432. The summed E-state index contributed by atoms with van der Waals surface area (Å²) in [6.45, 7) is 2.39. The van der Waals surface area contributed by atoms with Gasteiger partial charge in [0, 0.05) is 21.5 Å². The Bertz CT molecular complexity index is 1310. The van der Waals surface area contributed by atoms with Crippen molar-refractivity contribution < 1.29 is 9.53 Å². The van der Waals surface area contributed by atoms with Gasteiger partial charge < -0.3 is 4.74 Å². The number of imidazole rings is 1. The summed E-state index contributed by atoms with van der Waals surface area (Å²) in [4.78, 5) is 21.8. The third-order valence-electron chi connectivity index (χ3n) is 5.24. The van der Waals surface area contributed by atoms with Crippen molar-refractivity contribution in [2.75, 3.05) is 6.61 Å². The molecule has 1 aliphatic heterocycles. The SMILES string of the molecule is CCOC(=O)c1ncn2c1CN=C(c1ccc(Cl)cc1)c1ccc3ccccc3c1-2. The van der Waals surface area contributed by atoms with Crippen LogP contribution in [0.25, 0.3) is 16.5 Å². The van der Waals surface area contributed by atoms with Crippen LogP contribution in [0.5, 0.6) is 0 Å². The normalized spacial score (nSPS) is 12.7. The van der Waals surface area contributed by atoms with Gasteiger partial charge in [-0.3, -0.25) is 9.56 Å². The highest BCUT2D eigenvalue weighted by molar-refractivity contribution is 6.30. The van der Waals surface area contributed by atoms with E-state index in [1.807, 2.05) is 41.0 Å². The second-order valence-electron chi connectivity index (χ2n) is 6.98. The Morgan fingerprint density at radius 3 is 2.70 bits per heavy atom. The second-order valence-corrected chi connectivity index (χ2v) is 7.42. The standard InChI is InChI=1S/C24H18ClN3O2/c1-2-30-24(29)22-20-13-26-21(16-7-10-17(25)11-8-16)19-12-9-15-5-3-4-6-18(15)23(19)28(20)14-27-22/h3-12,14H,2,13H2,1H3. The molecule has 4 aromatic rings. The molecule has 0 atom stereocenters. The number of halogens is 1. The molecule has 3 aromatic carbocycles. The number of nitrogens with zero attached hydrogens (tertiary/aromatic N) is 3. The average Bonchev–Trinajstić information content (AvgIpc) is 3.11. The van der Waals surface area contributed by atoms with Crippen molar-refractivity contribution in [1.29, 1.82) is 0 Å². The van der Waals surface area contributed by atoms with Gasteiger partial charge in [0.05, 0.1) is 30.2 Å². The van der Waals surface area contributed by atoms with Crippen molar-refractivity contribution in [3.8, 4) is 5.69 Å². The largest absolute Gasteiger partial charge is 0.461 e. The van der Waals surface area contributed by atoms with Crippen molar-refractivity contribution >= 4 is 34.1 Å². The molecule has 0 bridgehead atoms. The zero-order valence-electron chi connectivity index (χ0n) is 16.3. The lowest BCUT2D eigenvalue weighted by Gasteiger charge is -2.15. The summed E-state index contributed by atoms with van der Waals surface area (Å²) in [6, 6.07) is 20.0. The molecule has 0 radical (unpaired) electrons. The molecule has 0 N–H and O–H groups in total. The molecule has 0 saturated carbocycles. The smallest absolute Gasteiger partial charge is 0.358 e. The molecule has 30 heavy (non-hydrogen) atoms. The Balaban J connectivity index is 1.80. The molecule has 0 fully saturated rings. The van der Waals surface area contributed by atoms with Crippen LogP contribution in [0.4, 0.5) is 0 Å². The first-order valence-corrected chi connectivity index (χ1v) is 10.1. The van der Waals surface area contributed by atoms with Crippen LogP contribution in [-0.2, 0) is 11.3 Å². The van der Waals surface area contributed by atoms with Crippen LogP contribution in [-0.4, -0.2) is 27.8 Å². The Hall–Kier alpha value is -3.44. The molecule has 0 spiro atoms. The lowest BCUT2D eigenvalue weighted by molar-refractivity contribution is 0.0518. The maximum atomic E-state index is 12.5. The minimum Gasteiger partial charge on any atom is -0.461 e. The predicted octanol–water partition coefficient (Wildman–Crippen LogP) is 5.21. The summed E-state index contributed by atoms with van der Waals surface area (Å²) in [5.74, 6) is -0.432. The fourth-order valence-electron chi connectivity index (χ4n) is 3.89. The van der Waals surface area contributed by atoms with E-state index in [4.69, 9.17) is 21.3 Å². The molecular weight excluding hydrogens is 398 g/mol. The predicted molar refractivity (Wildman–Crippen MR) is 118 cm³/mol. The number of hydrogen-bond donors (Lipinski definition) is 0. The van der Waals surface area contributed by atoms with Gasteiger partial charge in [-0.1, -0.05) is 60.1 Å². The number of benzene rings is 3. The summed E-state index contributed by atoms with van der Waals surface area (Å²) in [5, 5.41) is 2.84. The summed E-state index contributed by atoms with van der Waals surface area (Å²) >= 11 is 6.10. The molecule has 6 heteroatoms. The molecule has 2 heterocycles. The molecule has 1 aliphatic rings. The molecular formula is C24H18ClN3O2. The fourth-order valence-corrected chi connectivity index (χ4v) is 4.01. The maximum Gasteiger partial charge on any atom is 0.358 e. The number of fused-ring (bicyclic) bond motifs is 5. The van der Waals surface area contributed by atoms with Crippen LogP contribution in [0.2, 0.25) is 5.02 Å². The van der Waals surface area contributed by atoms with Crippen LogP contribution in [0.3, 0.4) is 0 Å². The van der Waals surface area contributed by atoms with E-state index in [0.717, 1.165) is 39.0 Å². The molecule has 0 amide bonds. The van der Waals surface area contributed by atoms with Crippen molar-refractivity contribution in [1.82, 2.24) is 9.55 Å². The van der Waals surface area contributed by atoms with Crippen LogP contribution >= 0.6 is 11.6 Å². The van der Waals surface area contributed by atoms with Gasteiger partial charge in [-0.15, -0.1) is 0 Å². The van der Waals surface area contributed by atoms with Gasteiger partial charge in [0.1, 0.15) is 6.33 Å². The summed E-state index contributed by atoms with van der Waals surface area (Å²) in [6.07, 6.45) is 1.69. The van der Waals surface area contributed by atoms with Crippen LogP contribution in [0.15, 0.2) is 72.0 Å². The third-order valence-corrected chi connectivity index (χ3v) is 5.49. The highest BCUT2D eigenvalue weighted by atomic mass is 35.5. The molecule has 148 valence electrons. The van der Waals surface area contributed by atoms with Crippen molar-refractivity contribution in [3.63, 3.8) is 0 Å². The summed E-state index contributed by atoms with van der Waals surface area (Å²) in [5.41, 5.74) is 4.77. The van der Waals surface area contributed by atoms with E-state index in [1.54, 1.807) is 13.3 Å². The number of carbonyl (C=O) groups excluding carboxylic acids is 1. The highest BCUT2D eigenvalue weighted by Gasteiger charge is 2.26. The van der Waals surface area contributed by atoms with E-state index < -0.39 is 5.97 Å². The Morgan fingerprint density at radius 1 is 1.10 bits per heavy atom. The summed E-state index contributed by atoms with van der Waals surface area (Å²) < 4.78 is 7.18. The zero-order valence-corrected chi connectivity index (χ0v) is 17.1. The third kappa shape index (κ3) is 2.99. The Morgan fingerprint density at radius 2 is 1.90 bits per heavy atom. The molecule has 0 unspecified atom stereocenters. The van der Waals surface area contributed by atoms with Crippen molar-refractivity contribution in [2.24, 2.45) is 4.99 Å². The second kappa shape index (κ2) is 7.43. The van der Waals surface area contributed by atoms with E-state index in [-0.39, 0.29) is 0 Å². The lowest BCUT2D eigenvalue weighted by Crippen LogP contribution is -2.09. The number of esters is 1. The van der Waals surface area contributed by atoms with E-state index in [2.05, 4.69) is 29.2 Å². The van der Waals surface area contributed by atoms with Gasteiger partial charge in [0.25, 0.3) is 0 Å². The first-order chi connectivity index (χ1) is 14.7. The monoisotopic (exact) mass is 415 g/mol. The van der Waals surface area contributed by atoms with Gasteiger partial charge in [0.15, 0.2) is 5.69 Å². The Labute approximate surface area is 178 Å². The van der Waals surface area contributed by atoms with Crippen LogP contribution < -0.4 is 0 Å². The molecule has 5 rings (SSSR count). The number of rotatable bonds is 3. The van der Waals surface area contributed by atoms with Crippen LogP contribution in [0.1, 0.15) is 34.2 Å². The number of ether oxygens (including phenoxy) is 1. The topological polar surface area (TPSA) is 56.5 Å². The van der Waals surface area contributed by atoms with Gasteiger partial charge in [0.2, 0.25) is 0 Å². The minimum atomic E-state index is -0.432. The van der Waals surface area contributed by atoms with E-state index in [9.17, 15) is 4.79 Å². The molecule has 5 nitrogen and oxygen atoms in total. The molecule has 0 aliphatic carbocycles. The number of carbonyl (C=O) groups is 1. The lowest BCUT2D eigenvalue weighted by atomic mass is 9.96. The zero-order chi connectivity index (χ0) is 20.7. The number of hydrogen-bond acceptors (Lipinski definition) is 4. The first-order valence-electron chi connectivity index (χ1n) is 9.73. The van der Waals surface area contributed by atoms with Crippen molar-refractivity contribution in [2.45, 2.75) is 13.5 Å². The minimum absolute atomic E-state index is 0.296. The number of aliphatic imine (C=N–C) groups is 1. The summed E-state index contributed by atoms with van der Waals surface area (Å²) in [7, 11) is 0. The van der Waals surface area contributed by atoms with Crippen LogP contribution in [0, 0.1) is 0 Å². The highest BCUT2D eigenvalue weighted by Crippen LogP contribution is 2.33. The van der Waals surface area contributed by atoms with Gasteiger partial charge >= 0.3 is 5.97 Å². The fraction of sp³-hybridized carbons (Fsp3) is 0.125. The maximum absolute atomic E-state index is 12.5. The van der Waals surface area contributed by atoms with E-state index >= 15 is 0 Å². The van der Waals surface area contributed by atoms with Gasteiger partial charge in [-0.25, -0.2) is 9.78 Å². The van der Waals surface area contributed by atoms with Gasteiger partial charge in [-0.05, 0) is 24.4 Å². The first kappa shape index (κ1) is 18.6. The number of aromatic nitrogens is 2. The van der Waals surface area contributed by atoms with E-state index in [0.29, 0.717) is 23.9 Å². The Kier molecular flexibility index (Phi) is 4.60. The van der Waals surface area contributed by atoms with Crippen molar-refractivity contribution in [3.05, 3.63) is 94.5 Å². The average molecular weight is 416 g/mol.